The van der Waals surface area contributed by atoms with E-state index in [4.69, 9.17) is 0 Å². The molecule has 0 atom stereocenters. The lowest BCUT2D eigenvalue weighted by atomic mass is 10.1. The van der Waals surface area contributed by atoms with Crippen LogP contribution < -0.4 is 10.6 Å². The average molecular weight is 272 g/mol. The van der Waals surface area contributed by atoms with Gasteiger partial charge in [0, 0.05) is 25.0 Å². The summed E-state index contributed by atoms with van der Waals surface area (Å²) >= 11 is 0. The number of rotatable bonds is 6. The predicted octanol–water partition coefficient (Wildman–Crippen LogP) is 2.12. The van der Waals surface area contributed by atoms with Crippen LogP contribution in [0, 0.1) is 6.92 Å². The third kappa shape index (κ3) is 3.38. The molecule has 0 spiro atoms. The number of amides is 1. The van der Waals surface area contributed by atoms with Gasteiger partial charge in [-0.3, -0.25) is 9.89 Å². The number of carbonyl (C=O) groups excluding carboxylic acids is 1. The summed E-state index contributed by atoms with van der Waals surface area (Å²) in [6, 6.07) is 7.49. The summed E-state index contributed by atoms with van der Waals surface area (Å²) in [5.74, 6) is -0.0427. The molecule has 5 heteroatoms. The summed E-state index contributed by atoms with van der Waals surface area (Å²) in [4.78, 5) is 12.1. The number of aromatic nitrogens is 2. The van der Waals surface area contributed by atoms with Gasteiger partial charge in [-0.15, -0.1) is 0 Å². The fraction of sp³-hybridized carbons (Fsp3) is 0.333. The molecule has 5 nitrogen and oxygen atoms in total. The third-order valence-corrected chi connectivity index (χ3v) is 3.28. The Balaban J connectivity index is 1.82. The van der Waals surface area contributed by atoms with Crippen LogP contribution in [0.25, 0.3) is 0 Å². The van der Waals surface area contributed by atoms with Gasteiger partial charge in [0.2, 0.25) is 0 Å². The molecule has 0 aliphatic rings. The SMILES string of the molecule is CNc1ccccc1C(=O)NCCCc1cn[nH]c1C. The molecule has 0 saturated carbocycles. The molecule has 0 unspecified atom stereocenters. The van der Waals surface area contributed by atoms with Gasteiger partial charge >= 0.3 is 0 Å². The number of anilines is 1. The van der Waals surface area contributed by atoms with E-state index >= 15 is 0 Å². The van der Waals surface area contributed by atoms with Crippen LogP contribution in [0.1, 0.15) is 28.0 Å². The summed E-state index contributed by atoms with van der Waals surface area (Å²) in [5, 5.41) is 12.9. The second-order valence-electron chi connectivity index (χ2n) is 4.68. The molecule has 1 aromatic heterocycles. The molecule has 0 fully saturated rings. The second kappa shape index (κ2) is 6.75. The summed E-state index contributed by atoms with van der Waals surface area (Å²) in [6.45, 7) is 2.66. The van der Waals surface area contributed by atoms with Gasteiger partial charge in [0.25, 0.3) is 5.91 Å². The molecule has 0 radical (unpaired) electrons. The molecule has 20 heavy (non-hydrogen) atoms. The molecule has 1 heterocycles. The number of H-pyrrole nitrogens is 1. The lowest BCUT2D eigenvalue weighted by Gasteiger charge is -2.09. The monoisotopic (exact) mass is 272 g/mol. The Kier molecular flexibility index (Phi) is 4.76. The Morgan fingerprint density at radius 1 is 1.35 bits per heavy atom. The molecule has 0 aliphatic carbocycles. The maximum Gasteiger partial charge on any atom is 0.253 e. The van der Waals surface area contributed by atoms with Crippen LogP contribution in [-0.4, -0.2) is 29.7 Å². The lowest BCUT2D eigenvalue weighted by Crippen LogP contribution is -2.25. The van der Waals surface area contributed by atoms with E-state index in [9.17, 15) is 4.79 Å². The number of para-hydroxylation sites is 1. The highest BCUT2D eigenvalue weighted by molar-refractivity contribution is 5.99. The van der Waals surface area contributed by atoms with Crippen LogP contribution in [0.15, 0.2) is 30.5 Å². The van der Waals surface area contributed by atoms with Gasteiger partial charge in [-0.05, 0) is 37.5 Å². The Labute approximate surface area is 118 Å². The van der Waals surface area contributed by atoms with Gasteiger partial charge in [0.1, 0.15) is 0 Å². The van der Waals surface area contributed by atoms with E-state index in [-0.39, 0.29) is 5.91 Å². The smallest absolute Gasteiger partial charge is 0.253 e. The van der Waals surface area contributed by atoms with E-state index in [2.05, 4.69) is 20.8 Å². The minimum Gasteiger partial charge on any atom is -0.387 e. The van der Waals surface area contributed by atoms with Crippen molar-refractivity contribution in [3.63, 3.8) is 0 Å². The Bertz CT molecular complexity index is 577. The first-order chi connectivity index (χ1) is 9.72. The summed E-state index contributed by atoms with van der Waals surface area (Å²) in [6.07, 6.45) is 3.65. The quantitative estimate of drug-likeness (QED) is 0.705. The van der Waals surface area contributed by atoms with Gasteiger partial charge in [-0.2, -0.15) is 5.10 Å². The molecule has 106 valence electrons. The van der Waals surface area contributed by atoms with Gasteiger partial charge in [-0.25, -0.2) is 0 Å². The van der Waals surface area contributed by atoms with Gasteiger partial charge in [0.15, 0.2) is 0 Å². The summed E-state index contributed by atoms with van der Waals surface area (Å²) in [5.41, 5.74) is 3.82. The largest absolute Gasteiger partial charge is 0.387 e. The molecule has 3 N–H and O–H groups in total. The first kappa shape index (κ1) is 14.1. The number of nitrogens with zero attached hydrogens (tertiary/aromatic N) is 1. The van der Waals surface area contributed by atoms with Crippen molar-refractivity contribution in [1.82, 2.24) is 15.5 Å². The number of hydrogen-bond donors (Lipinski definition) is 3. The van der Waals surface area contributed by atoms with E-state index < -0.39 is 0 Å². The highest BCUT2D eigenvalue weighted by Crippen LogP contribution is 2.13. The van der Waals surface area contributed by atoms with Crippen molar-refractivity contribution in [1.29, 1.82) is 0 Å². The van der Waals surface area contributed by atoms with Crippen molar-refractivity contribution in [2.45, 2.75) is 19.8 Å². The molecular weight excluding hydrogens is 252 g/mol. The van der Waals surface area contributed by atoms with Crippen molar-refractivity contribution in [2.75, 3.05) is 18.9 Å². The standard InChI is InChI=1S/C15H20N4O/c1-11-12(10-18-19-11)6-5-9-17-15(20)13-7-3-4-8-14(13)16-2/h3-4,7-8,10,16H,5-6,9H2,1-2H3,(H,17,20)(H,18,19). The highest BCUT2D eigenvalue weighted by Gasteiger charge is 2.09. The lowest BCUT2D eigenvalue weighted by molar-refractivity contribution is 0.0954. The van der Waals surface area contributed by atoms with Gasteiger partial charge in [-0.1, -0.05) is 12.1 Å². The molecule has 2 aromatic rings. The van der Waals surface area contributed by atoms with Crippen molar-refractivity contribution >= 4 is 11.6 Å². The Hall–Kier alpha value is -2.30. The van der Waals surface area contributed by atoms with Crippen molar-refractivity contribution in [3.8, 4) is 0 Å². The predicted molar refractivity (Wildman–Crippen MR) is 80.0 cm³/mol. The van der Waals surface area contributed by atoms with Crippen LogP contribution in [0.2, 0.25) is 0 Å². The van der Waals surface area contributed by atoms with Gasteiger partial charge in [0.05, 0.1) is 11.8 Å². The van der Waals surface area contributed by atoms with E-state index in [0.29, 0.717) is 12.1 Å². The van der Waals surface area contributed by atoms with Crippen molar-refractivity contribution in [3.05, 3.63) is 47.3 Å². The molecule has 1 amide bonds. The topological polar surface area (TPSA) is 69.8 Å². The minimum absolute atomic E-state index is 0.0427. The van der Waals surface area contributed by atoms with Crippen molar-refractivity contribution in [2.24, 2.45) is 0 Å². The first-order valence-corrected chi connectivity index (χ1v) is 6.76. The second-order valence-corrected chi connectivity index (χ2v) is 4.68. The van der Waals surface area contributed by atoms with E-state index in [1.165, 1.54) is 5.56 Å². The third-order valence-electron chi connectivity index (χ3n) is 3.28. The molecule has 2 rings (SSSR count). The van der Waals surface area contributed by atoms with E-state index in [0.717, 1.165) is 24.2 Å². The molecular formula is C15H20N4O. The zero-order chi connectivity index (χ0) is 14.4. The fourth-order valence-electron chi connectivity index (χ4n) is 2.10. The minimum atomic E-state index is -0.0427. The summed E-state index contributed by atoms with van der Waals surface area (Å²) < 4.78 is 0. The average Bonchev–Trinajstić information content (AvgIpc) is 2.88. The molecule has 0 aliphatic heterocycles. The van der Waals surface area contributed by atoms with E-state index in [1.54, 1.807) is 0 Å². The number of hydrogen-bond acceptors (Lipinski definition) is 3. The molecule has 1 aromatic carbocycles. The van der Waals surface area contributed by atoms with Crippen LogP contribution in [0.3, 0.4) is 0 Å². The number of aryl methyl sites for hydroxylation is 2. The Morgan fingerprint density at radius 2 is 2.15 bits per heavy atom. The summed E-state index contributed by atoms with van der Waals surface area (Å²) in [7, 11) is 1.81. The zero-order valence-electron chi connectivity index (χ0n) is 11.9. The maximum atomic E-state index is 12.1. The Morgan fingerprint density at radius 3 is 2.85 bits per heavy atom. The van der Waals surface area contributed by atoms with Crippen LogP contribution in [0.5, 0.6) is 0 Å². The maximum absolute atomic E-state index is 12.1. The van der Waals surface area contributed by atoms with Crippen LogP contribution in [-0.2, 0) is 6.42 Å². The number of carbonyl (C=O) groups is 1. The first-order valence-electron chi connectivity index (χ1n) is 6.76. The molecule has 0 bridgehead atoms. The van der Waals surface area contributed by atoms with Crippen LogP contribution in [0.4, 0.5) is 5.69 Å². The normalized spacial score (nSPS) is 10.3. The zero-order valence-corrected chi connectivity index (χ0v) is 11.9. The van der Waals surface area contributed by atoms with Crippen molar-refractivity contribution < 1.29 is 4.79 Å². The number of nitrogens with one attached hydrogen (secondary N) is 3. The van der Waals surface area contributed by atoms with Crippen LogP contribution >= 0.6 is 0 Å². The molecule has 0 saturated heterocycles. The van der Waals surface area contributed by atoms with E-state index in [1.807, 2.05) is 44.4 Å². The van der Waals surface area contributed by atoms with Gasteiger partial charge < -0.3 is 10.6 Å². The number of benzene rings is 1. The fourth-order valence-corrected chi connectivity index (χ4v) is 2.10. The number of aromatic amines is 1. The highest BCUT2D eigenvalue weighted by atomic mass is 16.1.